The zero-order valence-corrected chi connectivity index (χ0v) is 15.1. The van der Waals surface area contributed by atoms with Gasteiger partial charge in [0, 0.05) is 27.9 Å². The lowest BCUT2D eigenvalue weighted by Gasteiger charge is -2.47. The van der Waals surface area contributed by atoms with Gasteiger partial charge in [-0.2, -0.15) is 0 Å². The van der Waals surface area contributed by atoms with E-state index in [9.17, 15) is 4.79 Å². The molecule has 0 aliphatic heterocycles. The SMILES string of the molecule is CC(C)(C)N(c1ccc(C(=O)c2ccccc2)cc1)C(C)(C)C. The number of anilines is 1. The van der Waals surface area contributed by atoms with Crippen LogP contribution in [0.15, 0.2) is 54.6 Å². The molecule has 122 valence electrons. The minimum Gasteiger partial charge on any atom is -0.362 e. The molecule has 0 spiro atoms. The smallest absolute Gasteiger partial charge is 0.193 e. The van der Waals surface area contributed by atoms with E-state index in [2.05, 4.69) is 46.4 Å². The van der Waals surface area contributed by atoms with Crippen LogP contribution in [-0.2, 0) is 0 Å². The Balaban J connectivity index is 2.34. The van der Waals surface area contributed by atoms with Crippen LogP contribution >= 0.6 is 0 Å². The number of hydrogen-bond donors (Lipinski definition) is 0. The molecule has 2 nitrogen and oxygen atoms in total. The third kappa shape index (κ3) is 4.01. The van der Waals surface area contributed by atoms with Crippen molar-refractivity contribution in [3.8, 4) is 0 Å². The largest absolute Gasteiger partial charge is 0.362 e. The Labute approximate surface area is 140 Å². The van der Waals surface area contributed by atoms with Crippen molar-refractivity contribution < 1.29 is 4.79 Å². The second-order valence-electron chi connectivity index (χ2n) is 7.92. The second-order valence-corrected chi connectivity index (χ2v) is 7.92. The maximum Gasteiger partial charge on any atom is 0.193 e. The molecule has 0 unspecified atom stereocenters. The van der Waals surface area contributed by atoms with Gasteiger partial charge < -0.3 is 4.90 Å². The van der Waals surface area contributed by atoms with Gasteiger partial charge >= 0.3 is 0 Å². The highest BCUT2D eigenvalue weighted by atomic mass is 16.1. The molecule has 2 aromatic carbocycles. The number of carbonyl (C=O) groups excluding carboxylic acids is 1. The van der Waals surface area contributed by atoms with Crippen LogP contribution in [0.5, 0.6) is 0 Å². The standard InChI is InChI=1S/C21H27NO/c1-20(2,3)22(21(4,5)6)18-14-12-17(13-15-18)19(23)16-10-8-7-9-11-16/h7-15H,1-6H3. The average Bonchev–Trinajstić information content (AvgIpc) is 2.45. The monoisotopic (exact) mass is 309 g/mol. The predicted octanol–water partition coefficient (Wildman–Crippen LogP) is 5.32. The molecule has 0 bridgehead atoms. The first kappa shape index (κ1) is 17.3. The normalized spacial score (nSPS) is 12.1. The summed E-state index contributed by atoms with van der Waals surface area (Å²) in [5.74, 6) is 0.0650. The van der Waals surface area contributed by atoms with Gasteiger partial charge in [-0.05, 0) is 65.8 Å². The first-order chi connectivity index (χ1) is 10.6. The van der Waals surface area contributed by atoms with Crippen LogP contribution in [0.25, 0.3) is 0 Å². The molecule has 0 aliphatic carbocycles. The molecular formula is C21H27NO. The van der Waals surface area contributed by atoms with Crippen LogP contribution in [0, 0.1) is 0 Å². The molecule has 2 aromatic rings. The number of nitrogens with zero attached hydrogens (tertiary/aromatic N) is 1. The first-order valence-electron chi connectivity index (χ1n) is 8.11. The van der Waals surface area contributed by atoms with Crippen LogP contribution in [0.2, 0.25) is 0 Å². The lowest BCUT2D eigenvalue weighted by atomic mass is 9.94. The highest BCUT2D eigenvalue weighted by molar-refractivity contribution is 6.09. The topological polar surface area (TPSA) is 20.3 Å². The summed E-state index contributed by atoms with van der Waals surface area (Å²) >= 11 is 0. The number of ketones is 1. The van der Waals surface area contributed by atoms with Gasteiger partial charge in [-0.25, -0.2) is 0 Å². The van der Waals surface area contributed by atoms with E-state index in [-0.39, 0.29) is 16.9 Å². The van der Waals surface area contributed by atoms with Crippen LogP contribution in [-0.4, -0.2) is 16.9 Å². The van der Waals surface area contributed by atoms with E-state index in [0.717, 1.165) is 16.8 Å². The van der Waals surface area contributed by atoms with E-state index in [0.29, 0.717) is 0 Å². The molecule has 0 amide bonds. The number of benzene rings is 2. The van der Waals surface area contributed by atoms with Gasteiger partial charge in [0.25, 0.3) is 0 Å². The molecule has 0 atom stereocenters. The second kappa shape index (κ2) is 6.19. The van der Waals surface area contributed by atoms with E-state index < -0.39 is 0 Å². The Morgan fingerprint density at radius 2 is 1.13 bits per heavy atom. The minimum atomic E-state index is 0.00318. The highest BCUT2D eigenvalue weighted by Crippen LogP contribution is 2.32. The van der Waals surface area contributed by atoms with E-state index >= 15 is 0 Å². The summed E-state index contributed by atoms with van der Waals surface area (Å²) in [6.45, 7) is 13.3. The molecule has 0 heterocycles. The molecule has 2 rings (SSSR count). The van der Waals surface area contributed by atoms with Crippen molar-refractivity contribution in [3.05, 3.63) is 65.7 Å². The van der Waals surface area contributed by atoms with Gasteiger partial charge in [0.1, 0.15) is 0 Å². The molecule has 0 aliphatic rings. The summed E-state index contributed by atoms with van der Waals surface area (Å²) < 4.78 is 0. The summed E-state index contributed by atoms with van der Waals surface area (Å²) in [7, 11) is 0. The maximum absolute atomic E-state index is 12.5. The van der Waals surface area contributed by atoms with Crippen LogP contribution in [0.1, 0.15) is 57.5 Å². The third-order valence-corrected chi connectivity index (χ3v) is 3.77. The molecule has 0 fully saturated rings. The van der Waals surface area contributed by atoms with Crippen molar-refractivity contribution in [2.45, 2.75) is 52.6 Å². The Bertz CT molecular complexity index is 644. The zero-order chi connectivity index (χ0) is 17.3. The summed E-state index contributed by atoms with van der Waals surface area (Å²) in [4.78, 5) is 14.9. The minimum absolute atomic E-state index is 0.00318. The summed E-state index contributed by atoms with van der Waals surface area (Å²) in [5.41, 5.74) is 2.59. The fourth-order valence-electron chi connectivity index (χ4n) is 3.30. The molecule has 0 N–H and O–H groups in total. The number of rotatable bonds is 3. The van der Waals surface area contributed by atoms with Crippen molar-refractivity contribution in [1.82, 2.24) is 0 Å². The Hall–Kier alpha value is -2.09. The zero-order valence-electron chi connectivity index (χ0n) is 15.1. The van der Waals surface area contributed by atoms with E-state index in [1.165, 1.54) is 0 Å². The van der Waals surface area contributed by atoms with Gasteiger partial charge in [0.2, 0.25) is 0 Å². The fraction of sp³-hybridized carbons (Fsp3) is 0.381. The summed E-state index contributed by atoms with van der Waals surface area (Å²) in [6, 6.07) is 17.4. The van der Waals surface area contributed by atoms with Crippen LogP contribution in [0.4, 0.5) is 5.69 Å². The third-order valence-electron chi connectivity index (χ3n) is 3.77. The molecule has 0 saturated heterocycles. The quantitative estimate of drug-likeness (QED) is 0.715. The molecule has 0 radical (unpaired) electrons. The first-order valence-corrected chi connectivity index (χ1v) is 8.11. The molecule has 0 aromatic heterocycles. The molecule has 23 heavy (non-hydrogen) atoms. The Morgan fingerprint density at radius 1 is 0.696 bits per heavy atom. The molecule has 2 heteroatoms. The maximum atomic E-state index is 12.5. The van der Waals surface area contributed by atoms with Crippen molar-refractivity contribution in [1.29, 1.82) is 0 Å². The summed E-state index contributed by atoms with van der Waals surface area (Å²) in [6.07, 6.45) is 0. The van der Waals surface area contributed by atoms with Crippen molar-refractivity contribution in [2.75, 3.05) is 4.90 Å². The Kier molecular flexibility index (Phi) is 4.65. The lowest BCUT2D eigenvalue weighted by Crippen LogP contribution is -2.53. The van der Waals surface area contributed by atoms with E-state index in [1.54, 1.807) is 0 Å². The van der Waals surface area contributed by atoms with Gasteiger partial charge in [0.05, 0.1) is 0 Å². The number of hydrogen-bond acceptors (Lipinski definition) is 2. The average molecular weight is 309 g/mol. The lowest BCUT2D eigenvalue weighted by molar-refractivity contribution is 0.103. The number of carbonyl (C=O) groups is 1. The highest BCUT2D eigenvalue weighted by Gasteiger charge is 2.31. The van der Waals surface area contributed by atoms with E-state index in [1.807, 2.05) is 54.6 Å². The van der Waals surface area contributed by atoms with Crippen LogP contribution in [0.3, 0.4) is 0 Å². The molecular weight excluding hydrogens is 282 g/mol. The van der Waals surface area contributed by atoms with E-state index in [4.69, 9.17) is 0 Å². The van der Waals surface area contributed by atoms with Crippen molar-refractivity contribution in [2.24, 2.45) is 0 Å². The Morgan fingerprint density at radius 3 is 1.57 bits per heavy atom. The van der Waals surface area contributed by atoms with Gasteiger partial charge in [0.15, 0.2) is 5.78 Å². The van der Waals surface area contributed by atoms with Crippen molar-refractivity contribution >= 4 is 11.5 Å². The summed E-state index contributed by atoms with van der Waals surface area (Å²) in [5, 5.41) is 0. The van der Waals surface area contributed by atoms with Gasteiger partial charge in [-0.15, -0.1) is 0 Å². The fourth-order valence-corrected chi connectivity index (χ4v) is 3.30. The molecule has 0 saturated carbocycles. The van der Waals surface area contributed by atoms with Gasteiger partial charge in [-0.3, -0.25) is 4.79 Å². The van der Waals surface area contributed by atoms with Crippen molar-refractivity contribution in [3.63, 3.8) is 0 Å². The van der Waals surface area contributed by atoms with Crippen LogP contribution < -0.4 is 4.90 Å². The predicted molar refractivity (Wildman–Crippen MR) is 98.3 cm³/mol. The van der Waals surface area contributed by atoms with Gasteiger partial charge in [-0.1, -0.05) is 30.3 Å².